The van der Waals surface area contributed by atoms with E-state index in [9.17, 15) is 9.59 Å². The molecule has 1 aliphatic rings. The second-order valence-electron chi connectivity index (χ2n) is 8.50. The molecular weight excluding hydrogens is 432 g/mol. The van der Waals surface area contributed by atoms with Crippen molar-refractivity contribution in [3.63, 3.8) is 0 Å². The van der Waals surface area contributed by atoms with Gasteiger partial charge in [-0.25, -0.2) is 0 Å². The van der Waals surface area contributed by atoms with Crippen molar-refractivity contribution < 1.29 is 4.79 Å². The van der Waals surface area contributed by atoms with Gasteiger partial charge in [0.15, 0.2) is 5.82 Å². The minimum absolute atomic E-state index is 0.104. The Morgan fingerprint density at radius 1 is 0.970 bits per heavy atom. The standard InChI is InChI=1S/C26H26N4O2S/c1-3-4-5-6-9-15-29-20-14-8-7-13-19(20)21(24(29)31)22-25(32)30-26(33-22)27-23(28-30)18-12-10-11-17(2)16-18/h7-8,10-14,16H,3-6,9,15H2,1-2H3/b22-21-. The number of amides is 1. The van der Waals surface area contributed by atoms with Crippen LogP contribution >= 0.6 is 11.3 Å². The Morgan fingerprint density at radius 2 is 1.79 bits per heavy atom. The Balaban J connectivity index is 1.55. The number of para-hydroxylation sites is 1. The molecule has 3 heterocycles. The molecule has 4 aromatic rings. The molecule has 7 heteroatoms. The van der Waals surface area contributed by atoms with Crippen LogP contribution in [-0.2, 0) is 4.79 Å². The average Bonchev–Trinajstić information content (AvgIpc) is 3.45. The Labute approximate surface area is 196 Å². The number of anilines is 1. The maximum Gasteiger partial charge on any atom is 0.291 e. The molecule has 5 rings (SSSR count). The van der Waals surface area contributed by atoms with Crippen molar-refractivity contribution in [2.45, 2.75) is 46.0 Å². The molecule has 0 saturated carbocycles. The van der Waals surface area contributed by atoms with Gasteiger partial charge in [-0.2, -0.15) is 9.50 Å². The lowest BCUT2D eigenvalue weighted by Crippen LogP contribution is -2.33. The van der Waals surface area contributed by atoms with Crippen LogP contribution in [-0.4, -0.2) is 27.0 Å². The number of benzene rings is 2. The van der Waals surface area contributed by atoms with E-state index in [1.807, 2.05) is 60.4 Å². The summed E-state index contributed by atoms with van der Waals surface area (Å²) in [4.78, 5) is 33.7. The number of thiazole rings is 1. The first-order valence-electron chi connectivity index (χ1n) is 11.5. The highest BCUT2D eigenvalue weighted by atomic mass is 32.1. The summed E-state index contributed by atoms with van der Waals surface area (Å²) in [6.07, 6.45) is 5.63. The van der Waals surface area contributed by atoms with Crippen LogP contribution in [0, 0.1) is 6.92 Å². The highest BCUT2D eigenvalue weighted by Crippen LogP contribution is 2.35. The molecule has 0 unspecified atom stereocenters. The fraction of sp³-hybridized carbons (Fsp3) is 0.308. The topological polar surface area (TPSA) is 67.6 Å². The van der Waals surface area contributed by atoms with Crippen LogP contribution in [0.15, 0.2) is 53.3 Å². The lowest BCUT2D eigenvalue weighted by Gasteiger charge is -2.16. The van der Waals surface area contributed by atoms with E-state index in [2.05, 4.69) is 17.0 Å². The first-order chi connectivity index (χ1) is 16.1. The number of hydrogen-bond donors (Lipinski definition) is 0. The molecule has 1 aliphatic heterocycles. The van der Waals surface area contributed by atoms with Crippen LogP contribution in [0.5, 0.6) is 0 Å². The average molecular weight is 459 g/mol. The van der Waals surface area contributed by atoms with Crippen LogP contribution in [0.2, 0.25) is 0 Å². The van der Waals surface area contributed by atoms with Gasteiger partial charge in [0.1, 0.15) is 4.53 Å². The summed E-state index contributed by atoms with van der Waals surface area (Å²) in [5.41, 5.74) is 3.86. The second kappa shape index (κ2) is 8.90. The fourth-order valence-corrected chi connectivity index (χ4v) is 5.38. The zero-order valence-electron chi connectivity index (χ0n) is 18.9. The summed E-state index contributed by atoms with van der Waals surface area (Å²) in [5.74, 6) is 0.414. The van der Waals surface area contributed by atoms with E-state index in [1.165, 1.54) is 35.1 Å². The molecule has 0 spiro atoms. The molecule has 2 aromatic carbocycles. The van der Waals surface area contributed by atoms with Gasteiger partial charge in [-0.1, -0.05) is 85.9 Å². The lowest BCUT2D eigenvalue weighted by atomic mass is 10.1. The Morgan fingerprint density at radius 3 is 2.58 bits per heavy atom. The van der Waals surface area contributed by atoms with Gasteiger partial charge in [0.05, 0.1) is 11.3 Å². The quantitative estimate of drug-likeness (QED) is 0.386. The van der Waals surface area contributed by atoms with Gasteiger partial charge in [0, 0.05) is 17.7 Å². The second-order valence-corrected chi connectivity index (χ2v) is 9.48. The fourth-order valence-electron chi connectivity index (χ4n) is 4.39. The molecule has 6 nitrogen and oxygen atoms in total. The Bertz CT molecular complexity index is 1450. The summed E-state index contributed by atoms with van der Waals surface area (Å²) in [6.45, 7) is 4.86. The van der Waals surface area contributed by atoms with Gasteiger partial charge in [0.25, 0.3) is 11.5 Å². The SMILES string of the molecule is CCCCCCCN1C(=O)/C(=c2\sc3nc(-c4cccc(C)c4)nn3c2=O)c2ccccc21. The van der Waals surface area contributed by atoms with Crippen molar-refractivity contribution in [2.24, 2.45) is 0 Å². The molecule has 0 N–H and O–H groups in total. The summed E-state index contributed by atoms with van der Waals surface area (Å²) in [5, 5.41) is 4.46. The molecule has 0 radical (unpaired) electrons. The number of nitrogens with zero attached hydrogens (tertiary/aromatic N) is 4. The third kappa shape index (κ3) is 3.86. The maximum atomic E-state index is 13.5. The zero-order valence-corrected chi connectivity index (χ0v) is 19.7. The first kappa shape index (κ1) is 21.5. The summed E-state index contributed by atoms with van der Waals surface area (Å²) in [7, 11) is 0. The third-order valence-corrected chi connectivity index (χ3v) is 7.10. The summed E-state index contributed by atoms with van der Waals surface area (Å²) < 4.78 is 1.74. The van der Waals surface area contributed by atoms with Gasteiger partial charge in [0.2, 0.25) is 4.96 Å². The van der Waals surface area contributed by atoms with Crippen LogP contribution < -0.4 is 15.0 Å². The number of aromatic nitrogens is 3. The maximum absolute atomic E-state index is 13.5. The molecule has 33 heavy (non-hydrogen) atoms. The minimum Gasteiger partial charge on any atom is -0.308 e. The van der Waals surface area contributed by atoms with Crippen molar-refractivity contribution in [2.75, 3.05) is 11.4 Å². The van der Waals surface area contributed by atoms with E-state index in [4.69, 9.17) is 0 Å². The predicted molar refractivity (Wildman–Crippen MR) is 133 cm³/mol. The van der Waals surface area contributed by atoms with Crippen molar-refractivity contribution in [1.29, 1.82) is 0 Å². The van der Waals surface area contributed by atoms with Gasteiger partial charge in [-0.3, -0.25) is 9.59 Å². The van der Waals surface area contributed by atoms with Crippen molar-refractivity contribution >= 4 is 33.5 Å². The number of unbranched alkanes of at least 4 members (excludes halogenated alkanes) is 4. The molecule has 1 amide bonds. The predicted octanol–water partition coefficient (Wildman–Crippen LogP) is 4.36. The van der Waals surface area contributed by atoms with E-state index in [1.54, 1.807) is 0 Å². The van der Waals surface area contributed by atoms with Crippen LogP contribution in [0.25, 0.3) is 21.9 Å². The Hall–Kier alpha value is -3.32. The van der Waals surface area contributed by atoms with E-state index < -0.39 is 0 Å². The number of carbonyl (C=O) groups excluding carboxylic acids is 1. The molecule has 0 atom stereocenters. The molecule has 2 aromatic heterocycles. The monoisotopic (exact) mass is 458 g/mol. The Kier molecular flexibility index (Phi) is 5.81. The van der Waals surface area contributed by atoms with Gasteiger partial charge >= 0.3 is 0 Å². The normalized spacial score (nSPS) is 15.0. The van der Waals surface area contributed by atoms with Crippen molar-refractivity contribution in [3.05, 3.63) is 74.5 Å². The van der Waals surface area contributed by atoms with Crippen LogP contribution in [0.1, 0.15) is 50.2 Å². The van der Waals surface area contributed by atoms with Gasteiger partial charge < -0.3 is 4.90 Å². The smallest absolute Gasteiger partial charge is 0.291 e. The molecule has 0 bridgehead atoms. The number of fused-ring (bicyclic) bond motifs is 2. The van der Waals surface area contributed by atoms with E-state index >= 15 is 0 Å². The molecule has 168 valence electrons. The number of rotatable bonds is 7. The van der Waals surface area contributed by atoms with Crippen LogP contribution in [0.3, 0.4) is 0 Å². The number of aryl methyl sites for hydroxylation is 1. The largest absolute Gasteiger partial charge is 0.308 e. The molecule has 0 aliphatic carbocycles. The minimum atomic E-state index is -0.288. The van der Waals surface area contributed by atoms with E-state index in [-0.39, 0.29) is 11.5 Å². The van der Waals surface area contributed by atoms with E-state index in [0.717, 1.165) is 35.2 Å². The number of hydrogen-bond acceptors (Lipinski definition) is 5. The van der Waals surface area contributed by atoms with Crippen molar-refractivity contribution in [3.8, 4) is 11.4 Å². The molecule has 0 saturated heterocycles. The molecule has 0 fully saturated rings. The summed E-state index contributed by atoms with van der Waals surface area (Å²) in [6, 6.07) is 15.6. The van der Waals surface area contributed by atoms with E-state index in [0.29, 0.717) is 27.4 Å². The zero-order chi connectivity index (χ0) is 22.9. The number of carbonyl (C=O) groups is 1. The van der Waals surface area contributed by atoms with Gasteiger partial charge in [-0.15, -0.1) is 5.10 Å². The van der Waals surface area contributed by atoms with Crippen molar-refractivity contribution in [1.82, 2.24) is 14.6 Å². The van der Waals surface area contributed by atoms with Gasteiger partial charge in [-0.05, 0) is 25.5 Å². The third-order valence-electron chi connectivity index (χ3n) is 6.07. The summed E-state index contributed by atoms with van der Waals surface area (Å²) >= 11 is 1.24. The highest BCUT2D eigenvalue weighted by molar-refractivity contribution is 7.15. The first-order valence-corrected chi connectivity index (χ1v) is 12.3. The highest BCUT2D eigenvalue weighted by Gasteiger charge is 2.33. The van der Waals surface area contributed by atoms with Crippen LogP contribution in [0.4, 0.5) is 5.69 Å². The lowest BCUT2D eigenvalue weighted by molar-refractivity contribution is -0.113. The molecular formula is C26H26N4O2S.